The molecule has 0 radical (unpaired) electrons. The van der Waals surface area contributed by atoms with Gasteiger partial charge in [-0.3, -0.25) is 9.63 Å². The summed E-state index contributed by atoms with van der Waals surface area (Å²) in [4.78, 5) is 23.8. The minimum atomic E-state index is -0.452. The quantitative estimate of drug-likeness (QED) is 0.693. The average molecular weight is 220 g/mol. The average Bonchev–Trinajstić information content (AvgIpc) is 2.59. The van der Waals surface area contributed by atoms with Gasteiger partial charge in [-0.15, -0.1) is 0 Å². The van der Waals surface area contributed by atoms with Gasteiger partial charge < -0.3 is 4.98 Å². The van der Waals surface area contributed by atoms with Crippen LogP contribution < -0.4 is 10.4 Å². The lowest BCUT2D eigenvalue weighted by atomic mass is 10.5. The van der Waals surface area contributed by atoms with Gasteiger partial charge in [0, 0.05) is 23.6 Å². The maximum Gasteiger partial charge on any atom is 0.295 e. The Morgan fingerprint density at radius 2 is 2.38 bits per heavy atom. The minimum Gasteiger partial charge on any atom is -0.339 e. The van der Waals surface area contributed by atoms with Crippen molar-refractivity contribution in [3.8, 4) is 0 Å². The largest absolute Gasteiger partial charge is 0.339 e. The van der Waals surface area contributed by atoms with Crippen LogP contribution in [-0.4, -0.2) is 19.0 Å². The molecule has 0 aromatic carbocycles. The Morgan fingerprint density at radius 3 is 3.08 bits per heavy atom. The predicted molar refractivity (Wildman–Crippen MR) is 48.9 cm³/mol. The van der Waals surface area contributed by atoms with E-state index in [0.717, 1.165) is 4.09 Å². The number of aromatic amines is 1. The van der Waals surface area contributed by atoms with E-state index < -0.39 is 5.56 Å². The lowest BCUT2D eigenvalue weighted by molar-refractivity contribution is 1.09. The molecule has 2 N–H and O–H groups in total. The molecule has 0 spiro atoms. The molecule has 13 heavy (non-hydrogen) atoms. The van der Waals surface area contributed by atoms with Crippen LogP contribution in [0.5, 0.6) is 0 Å². The first-order valence-corrected chi connectivity index (χ1v) is 3.94. The standard InChI is InChI=1S/C5H3Cl2N5O/c6-11-5-10-3-2(8-1-9-3)4(13)12(5)7/h1H,(H,8,9)(H,10,11). The highest BCUT2D eigenvalue weighted by Gasteiger charge is 2.09. The van der Waals surface area contributed by atoms with Crippen LogP contribution in [0, 0.1) is 0 Å². The number of anilines is 1. The van der Waals surface area contributed by atoms with Gasteiger partial charge in [-0.1, -0.05) is 0 Å². The number of fused-ring (bicyclic) bond motifs is 1. The first kappa shape index (κ1) is 8.33. The number of nitrogens with one attached hydrogen (secondary N) is 2. The number of hydrogen-bond acceptors (Lipinski definition) is 4. The van der Waals surface area contributed by atoms with Gasteiger partial charge >= 0.3 is 0 Å². The summed E-state index contributed by atoms with van der Waals surface area (Å²) in [6.45, 7) is 0. The first-order chi connectivity index (χ1) is 6.24. The molecule has 8 heteroatoms. The van der Waals surface area contributed by atoms with Crippen molar-refractivity contribution in [1.82, 2.24) is 19.0 Å². The monoisotopic (exact) mass is 219 g/mol. The fraction of sp³-hybridized carbons (Fsp3) is 0. The van der Waals surface area contributed by atoms with Crippen molar-refractivity contribution in [2.75, 3.05) is 4.84 Å². The second-order valence-corrected chi connectivity index (χ2v) is 2.74. The summed E-state index contributed by atoms with van der Waals surface area (Å²) in [6, 6.07) is 0. The number of rotatable bonds is 1. The first-order valence-electron chi connectivity index (χ1n) is 3.23. The molecule has 2 rings (SSSR count). The number of nitrogens with zero attached hydrogens (tertiary/aromatic N) is 3. The Hall–Kier alpha value is -1.27. The van der Waals surface area contributed by atoms with E-state index in [1.165, 1.54) is 6.33 Å². The third-order valence-electron chi connectivity index (χ3n) is 1.49. The zero-order valence-electron chi connectivity index (χ0n) is 6.08. The van der Waals surface area contributed by atoms with Crippen LogP contribution >= 0.6 is 23.6 Å². The summed E-state index contributed by atoms with van der Waals surface area (Å²) in [5.74, 6) is 0.0351. The Morgan fingerprint density at radius 1 is 1.62 bits per heavy atom. The molecule has 0 unspecified atom stereocenters. The molecule has 0 aliphatic carbocycles. The highest BCUT2D eigenvalue weighted by atomic mass is 35.5. The van der Waals surface area contributed by atoms with Crippen LogP contribution in [0.15, 0.2) is 11.1 Å². The Labute approximate surface area is 81.7 Å². The van der Waals surface area contributed by atoms with E-state index in [1.54, 1.807) is 0 Å². The SMILES string of the molecule is O=c1c2[nH]cnc2nc(NCl)n1Cl. The third-order valence-corrected chi connectivity index (χ3v) is 1.98. The molecule has 2 heterocycles. The topological polar surface area (TPSA) is 75.6 Å². The summed E-state index contributed by atoms with van der Waals surface area (Å²) in [5.41, 5.74) is 0.0584. The molecule has 0 aliphatic heterocycles. The molecule has 6 nitrogen and oxygen atoms in total. The zero-order valence-corrected chi connectivity index (χ0v) is 7.60. The second kappa shape index (κ2) is 2.90. The van der Waals surface area contributed by atoms with Gasteiger partial charge in [-0.25, -0.2) is 4.98 Å². The van der Waals surface area contributed by atoms with E-state index in [9.17, 15) is 4.79 Å². The van der Waals surface area contributed by atoms with Crippen LogP contribution in [0.25, 0.3) is 11.2 Å². The van der Waals surface area contributed by atoms with Gasteiger partial charge in [0.15, 0.2) is 11.2 Å². The van der Waals surface area contributed by atoms with Crippen LogP contribution in [0.1, 0.15) is 0 Å². The van der Waals surface area contributed by atoms with Gasteiger partial charge in [-0.05, 0) is 0 Å². The Bertz CT molecular complexity index is 503. The number of imidazole rings is 1. The van der Waals surface area contributed by atoms with Crippen LogP contribution in [0.4, 0.5) is 5.95 Å². The highest BCUT2D eigenvalue weighted by molar-refractivity contribution is 6.25. The van der Waals surface area contributed by atoms with Gasteiger partial charge in [0.25, 0.3) is 5.56 Å². The molecule has 0 amide bonds. The lowest BCUT2D eigenvalue weighted by Crippen LogP contribution is -2.16. The molecule has 0 fully saturated rings. The van der Waals surface area contributed by atoms with Gasteiger partial charge in [-0.2, -0.15) is 9.07 Å². The van der Waals surface area contributed by atoms with E-state index in [1.807, 2.05) is 0 Å². The predicted octanol–water partition coefficient (Wildman–Crippen LogP) is 0.687. The van der Waals surface area contributed by atoms with E-state index >= 15 is 0 Å². The van der Waals surface area contributed by atoms with Gasteiger partial charge in [0.2, 0.25) is 5.95 Å². The van der Waals surface area contributed by atoms with Gasteiger partial charge in [0.1, 0.15) is 0 Å². The molecule has 0 aliphatic rings. The van der Waals surface area contributed by atoms with Crippen molar-refractivity contribution in [1.29, 1.82) is 0 Å². The molecular formula is C5H3Cl2N5O. The molecule has 0 bridgehead atoms. The lowest BCUT2D eigenvalue weighted by Gasteiger charge is -1.99. The van der Waals surface area contributed by atoms with Crippen LogP contribution in [-0.2, 0) is 0 Å². The maximum absolute atomic E-state index is 11.4. The number of aromatic nitrogens is 4. The molecule has 68 valence electrons. The van der Waals surface area contributed by atoms with Crippen LogP contribution in [0.3, 0.4) is 0 Å². The smallest absolute Gasteiger partial charge is 0.295 e. The fourth-order valence-electron chi connectivity index (χ4n) is 0.926. The summed E-state index contributed by atoms with van der Waals surface area (Å²) in [5, 5.41) is 0. The van der Waals surface area contributed by atoms with E-state index in [0.29, 0.717) is 0 Å². The van der Waals surface area contributed by atoms with Crippen molar-refractivity contribution in [2.45, 2.75) is 0 Å². The number of H-pyrrole nitrogens is 1. The molecule has 2 aromatic heterocycles. The minimum absolute atomic E-state index is 0.0351. The van der Waals surface area contributed by atoms with Crippen molar-refractivity contribution >= 4 is 40.7 Å². The summed E-state index contributed by atoms with van der Waals surface area (Å²) in [6.07, 6.45) is 1.36. The second-order valence-electron chi connectivity index (χ2n) is 2.22. The van der Waals surface area contributed by atoms with E-state index in [4.69, 9.17) is 23.6 Å². The summed E-state index contributed by atoms with van der Waals surface area (Å²) >= 11 is 10.9. The fourth-order valence-corrected chi connectivity index (χ4v) is 1.26. The van der Waals surface area contributed by atoms with E-state index in [-0.39, 0.29) is 17.1 Å². The van der Waals surface area contributed by atoms with Crippen molar-refractivity contribution in [3.05, 3.63) is 16.7 Å². The van der Waals surface area contributed by atoms with Crippen molar-refractivity contribution in [2.24, 2.45) is 0 Å². The maximum atomic E-state index is 11.4. The van der Waals surface area contributed by atoms with Gasteiger partial charge in [0.05, 0.1) is 6.33 Å². The molecule has 0 saturated carbocycles. The van der Waals surface area contributed by atoms with Crippen molar-refractivity contribution in [3.63, 3.8) is 0 Å². The van der Waals surface area contributed by atoms with Crippen LogP contribution in [0.2, 0.25) is 0 Å². The molecule has 0 saturated heterocycles. The molecular weight excluding hydrogens is 217 g/mol. The highest BCUT2D eigenvalue weighted by Crippen LogP contribution is 2.08. The van der Waals surface area contributed by atoms with E-state index in [2.05, 4.69) is 19.8 Å². The van der Waals surface area contributed by atoms with Crippen molar-refractivity contribution < 1.29 is 0 Å². The number of halogens is 2. The molecule has 0 atom stereocenters. The Balaban J connectivity index is 2.92. The Kier molecular flexibility index (Phi) is 1.86. The summed E-state index contributed by atoms with van der Waals surface area (Å²) in [7, 11) is 0. The number of hydrogen-bond donors (Lipinski definition) is 2. The third kappa shape index (κ3) is 1.14. The zero-order chi connectivity index (χ0) is 9.42. The molecule has 2 aromatic rings. The summed E-state index contributed by atoms with van der Waals surface area (Å²) < 4.78 is 0.771. The normalized spacial score (nSPS) is 10.6.